The van der Waals surface area contributed by atoms with Crippen LogP contribution in [0.25, 0.3) is 10.6 Å². The molecule has 2 aliphatic rings. The molecule has 7 nitrogen and oxygen atoms in total. The molecule has 1 aliphatic carbocycles. The van der Waals surface area contributed by atoms with E-state index in [0.717, 1.165) is 36.6 Å². The fourth-order valence-corrected chi connectivity index (χ4v) is 6.02. The molecule has 5 rings (SSSR count). The van der Waals surface area contributed by atoms with Gasteiger partial charge in [0.25, 0.3) is 5.56 Å². The number of piperidine rings is 1. The predicted molar refractivity (Wildman–Crippen MR) is 136 cm³/mol. The number of alkyl halides is 3. The molecule has 1 N–H and O–H groups in total. The Labute approximate surface area is 221 Å². The van der Waals surface area contributed by atoms with Crippen LogP contribution in [0.5, 0.6) is 0 Å². The van der Waals surface area contributed by atoms with Crippen LogP contribution >= 0.6 is 36.2 Å². The van der Waals surface area contributed by atoms with Crippen molar-refractivity contribution in [3.8, 4) is 10.6 Å². The quantitative estimate of drug-likeness (QED) is 0.486. The van der Waals surface area contributed by atoms with Gasteiger partial charge in [-0.15, -0.1) is 36.2 Å². The van der Waals surface area contributed by atoms with Gasteiger partial charge in [-0.3, -0.25) is 9.78 Å². The molecule has 2 fully saturated rings. The van der Waals surface area contributed by atoms with E-state index in [0.29, 0.717) is 29.5 Å². The number of fused-ring (bicyclic) bond motifs is 1. The van der Waals surface area contributed by atoms with Crippen LogP contribution in [0.4, 0.5) is 13.2 Å². The Morgan fingerprint density at radius 1 is 1.14 bits per heavy atom. The Kier molecular flexibility index (Phi) is 8.10. The monoisotopic (exact) mass is 563 g/mol. The second-order valence-corrected chi connectivity index (χ2v) is 10.4. The Balaban J connectivity index is 0.00000180. The number of aromatic nitrogens is 4. The topological polar surface area (TPSA) is 83.9 Å². The minimum absolute atomic E-state index is 0. The summed E-state index contributed by atoms with van der Waals surface area (Å²) in [6.45, 7) is 6.43. The molecule has 0 amide bonds. The average Bonchev–Trinajstić information content (AvgIpc) is 3.17. The van der Waals surface area contributed by atoms with Crippen molar-refractivity contribution >= 4 is 36.2 Å². The zero-order valence-corrected chi connectivity index (χ0v) is 22.0. The first kappa shape index (κ1) is 28.4. The minimum Gasteiger partial charge on any atom is -0.302 e. The summed E-state index contributed by atoms with van der Waals surface area (Å²) in [4.78, 5) is 34.2. The molecule has 3 aromatic rings. The van der Waals surface area contributed by atoms with E-state index in [1.807, 2.05) is 6.92 Å². The van der Waals surface area contributed by atoms with Gasteiger partial charge in [-0.05, 0) is 56.8 Å². The van der Waals surface area contributed by atoms with E-state index in [1.165, 1.54) is 28.2 Å². The third-order valence-corrected chi connectivity index (χ3v) is 7.94. The van der Waals surface area contributed by atoms with E-state index in [-0.39, 0.29) is 35.9 Å². The molecule has 196 valence electrons. The molecule has 0 spiro atoms. The number of aromatic amines is 1. The lowest BCUT2D eigenvalue weighted by Gasteiger charge is -2.21. The Morgan fingerprint density at radius 2 is 1.83 bits per heavy atom. The molecule has 3 heterocycles. The highest BCUT2D eigenvalue weighted by Gasteiger charge is 2.60. The lowest BCUT2D eigenvalue weighted by atomic mass is 9.94. The Hall–Kier alpha value is -2.21. The van der Waals surface area contributed by atoms with Crippen molar-refractivity contribution in [2.45, 2.75) is 44.8 Å². The number of aryl methyl sites for hydroxylation is 3. The van der Waals surface area contributed by atoms with Crippen molar-refractivity contribution < 1.29 is 13.2 Å². The first-order valence-corrected chi connectivity index (χ1v) is 11.9. The lowest BCUT2D eigenvalue weighted by Crippen LogP contribution is -2.35. The number of H-pyrrole nitrogens is 1. The zero-order valence-electron chi connectivity index (χ0n) is 19.6. The van der Waals surface area contributed by atoms with Crippen LogP contribution in [0.1, 0.15) is 34.7 Å². The first-order valence-electron chi connectivity index (χ1n) is 11.1. The summed E-state index contributed by atoms with van der Waals surface area (Å²) >= 11 is 1.37. The van der Waals surface area contributed by atoms with Crippen LogP contribution in [-0.2, 0) is 18.1 Å². The van der Waals surface area contributed by atoms with E-state index in [2.05, 4.69) is 20.0 Å². The number of nitrogens with zero attached hydrogens (tertiary/aromatic N) is 4. The summed E-state index contributed by atoms with van der Waals surface area (Å²) in [5.41, 5.74) is 0.116. The normalized spacial score (nSPS) is 21.0. The molecule has 1 aliphatic heterocycles. The Morgan fingerprint density at radius 3 is 2.44 bits per heavy atom. The van der Waals surface area contributed by atoms with Crippen molar-refractivity contribution in [1.29, 1.82) is 0 Å². The summed E-state index contributed by atoms with van der Waals surface area (Å²) in [6.07, 6.45) is -2.67. The number of thiazole rings is 1. The number of nitrogens with one attached hydrogen (secondary N) is 1. The van der Waals surface area contributed by atoms with Gasteiger partial charge in [-0.2, -0.15) is 18.3 Å². The summed E-state index contributed by atoms with van der Waals surface area (Å²) in [7, 11) is 0. The maximum atomic E-state index is 12.9. The van der Waals surface area contributed by atoms with Crippen molar-refractivity contribution in [3.63, 3.8) is 0 Å². The van der Waals surface area contributed by atoms with Gasteiger partial charge in [-0.25, -0.2) is 14.5 Å². The summed E-state index contributed by atoms with van der Waals surface area (Å²) in [5, 5.41) is 5.13. The van der Waals surface area contributed by atoms with Gasteiger partial charge in [0, 0.05) is 25.0 Å². The summed E-state index contributed by atoms with van der Waals surface area (Å²) < 4.78 is 39.9. The molecule has 2 aromatic heterocycles. The second-order valence-electron chi connectivity index (χ2n) is 9.20. The minimum atomic E-state index is -4.33. The molecule has 0 bridgehead atoms. The molecule has 1 saturated carbocycles. The first-order chi connectivity index (χ1) is 16.1. The molecule has 0 unspecified atom stereocenters. The SMILES string of the molecule is Cc1nc(C)c(-c2nn(CCCN3C[C@@H]4C[C@]4(c4ccc(C(F)(F)F)cc4)C3)c(=O)[nH]c2=O)s1.Cl.Cl. The maximum absolute atomic E-state index is 12.9. The fourth-order valence-electron chi connectivity index (χ4n) is 5.12. The van der Waals surface area contributed by atoms with Crippen LogP contribution in [0, 0.1) is 19.8 Å². The van der Waals surface area contributed by atoms with Gasteiger partial charge in [-0.1, -0.05) is 12.1 Å². The molecule has 2 atom stereocenters. The van der Waals surface area contributed by atoms with Crippen LogP contribution in [0.2, 0.25) is 0 Å². The summed E-state index contributed by atoms with van der Waals surface area (Å²) in [5.74, 6) is 0.447. The maximum Gasteiger partial charge on any atom is 0.416 e. The smallest absolute Gasteiger partial charge is 0.302 e. The Bertz CT molecular complexity index is 1360. The number of halogens is 5. The number of likely N-dealkylation sites (tertiary alicyclic amines) is 1. The van der Waals surface area contributed by atoms with Crippen LogP contribution in [0.15, 0.2) is 33.9 Å². The van der Waals surface area contributed by atoms with E-state index in [9.17, 15) is 22.8 Å². The molecule has 13 heteroatoms. The molecule has 0 radical (unpaired) electrons. The third kappa shape index (κ3) is 5.25. The van der Waals surface area contributed by atoms with Gasteiger partial charge in [0.2, 0.25) is 0 Å². The number of rotatable bonds is 6. The van der Waals surface area contributed by atoms with Crippen molar-refractivity contribution in [2.24, 2.45) is 5.92 Å². The van der Waals surface area contributed by atoms with Crippen molar-refractivity contribution in [2.75, 3.05) is 19.6 Å². The van der Waals surface area contributed by atoms with Crippen LogP contribution in [-0.4, -0.2) is 44.3 Å². The van der Waals surface area contributed by atoms with Gasteiger partial charge in [0.05, 0.1) is 21.1 Å². The van der Waals surface area contributed by atoms with Crippen LogP contribution < -0.4 is 11.2 Å². The predicted octanol–water partition coefficient (Wildman–Crippen LogP) is 4.20. The lowest BCUT2D eigenvalue weighted by molar-refractivity contribution is -0.137. The fraction of sp³-hybridized carbons (Fsp3) is 0.478. The standard InChI is InChI=1S/C23H24F3N5O2S.2ClH/c1-13-19(34-14(2)27-13)18-20(32)28-21(33)31(29-18)9-3-8-30-11-17-10-22(17,12-30)15-4-6-16(7-5-15)23(24,25)26;;/h4-7,17H,3,8-12H2,1-2H3,(H,28,32,33);2*1H/t17-,22+;;/m0../s1. The van der Waals surface area contributed by atoms with Crippen molar-refractivity contribution in [1.82, 2.24) is 24.6 Å². The van der Waals surface area contributed by atoms with E-state index in [1.54, 1.807) is 19.1 Å². The van der Waals surface area contributed by atoms with E-state index < -0.39 is 23.0 Å². The average molecular weight is 564 g/mol. The largest absolute Gasteiger partial charge is 0.416 e. The number of hydrogen-bond donors (Lipinski definition) is 1. The third-order valence-electron chi connectivity index (χ3n) is 6.86. The zero-order chi connectivity index (χ0) is 24.3. The highest BCUT2D eigenvalue weighted by Crippen LogP contribution is 2.59. The number of hydrogen-bond acceptors (Lipinski definition) is 6. The highest BCUT2D eigenvalue weighted by atomic mass is 35.5. The highest BCUT2D eigenvalue weighted by molar-refractivity contribution is 7.15. The van der Waals surface area contributed by atoms with Gasteiger partial charge in [0.15, 0.2) is 5.69 Å². The van der Waals surface area contributed by atoms with Gasteiger partial charge >= 0.3 is 11.9 Å². The van der Waals surface area contributed by atoms with Crippen LogP contribution in [0.3, 0.4) is 0 Å². The van der Waals surface area contributed by atoms with E-state index >= 15 is 0 Å². The molecule has 36 heavy (non-hydrogen) atoms. The molecular weight excluding hydrogens is 538 g/mol. The molecule has 1 aromatic carbocycles. The molecular formula is C23H26Cl2F3N5O2S. The summed E-state index contributed by atoms with van der Waals surface area (Å²) in [6, 6.07) is 5.56. The van der Waals surface area contributed by atoms with Gasteiger partial charge < -0.3 is 4.90 Å². The van der Waals surface area contributed by atoms with Crippen molar-refractivity contribution in [3.05, 3.63) is 66.9 Å². The number of benzene rings is 1. The second kappa shape index (κ2) is 10.3. The molecule has 1 saturated heterocycles. The van der Waals surface area contributed by atoms with E-state index in [4.69, 9.17) is 0 Å². The van der Waals surface area contributed by atoms with Gasteiger partial charge in [0.1, 0.15) is 0 Å².